The second-order valence-electron chi connectivity index (χ2n) is 5.05. The number of rotatable bonds is 3. The summed E-state index contributed by atoms with van der Waals surface area (Å²) < 4.78 is 0. The number of phenolic OH excluding ortho intramolecular Hbond substituents is 1. The van der Waals surface area contributed by atoms with Crippen LogP contribution in [0.3, 0.4) is 0 Å². The zero-order chi connectivity index (χ0) is 12.0. The molecular weight excluding hydrogens is 218 g/mol. The van der Waals surface area contributed by atoms with Crippen LogP contribution < -0.4 is 0 Å². The van der Waals surface area contributed by atoms with Crippen LogP contribution in [0, 0.1) is 17.8 Å². The Morgan fingerprint density at radius 1 is 1.24 bits per heavy atom. The number of hydrogen-bond acceptors (Lipinski definition) is 3. The Kier molecular flexibility index (Phi) is 2.33. The number of fused-ring (bicyclic) bond motifs is 1. The van der Waals surface area contributed by atoms with Gasteiger partial charge < -0.3 is 10.2 Å². The summed E-state index contributed by atoms with van der Waals surface area (Å²) in [6.07, 6.45) is 0. The zero-order valence-electron chi connectivity index (χ0n) is 9.41. The highest BCUT2D eigenvalue weighted by Crippen LogP contribution is 2.51. The average molecular weight is 233 g/mol. The molecule has 2 N–H and O–H groups in total. The minimum absolute atomic E-state index is 0.0916. The molecule has 1 saturated carbocycles. The molecule has 0 amide bonds. The van der Waals surface area contributed by atoms with E-state index in [1.54, 1.807) is 12.1 Å². The molecule has 1 aromatic carbocycles. The van der Waals surface area contributed by atoms with Gasteiger partial charge in [0, 0.05) is 19.6 Å². The van der Waals surface area contributed by atoms with Crippen LogP contribution in [0.15, 0.2) is 24.3 Å². The maximum absolute atomic E-state index is 10.8. The summed E-state index contributed by atoms with van der Waals surface area (Å²) in [7, 11) is 0. The molecule has 1 saturated heterocycles. The van der Waals surface area contributed by atoms with Crippen molar-refractivity contribution in [1.29, 1.82) is 0 Å². The van der Waals surface area contributed by atoms with Crippen molar-refractivity contribution in [3.05, 3.63) is 29.8 Å². The maximum atomic E-state index is 10.8. The van der Waals surface area contributed by atoms with Crippen LogP contribution in [0.4, 0.5) is 0 Å². The van der Waals surface area contributed by atoms with Gasteiger partial charge in [0.2, 0.25) is 0 Å². The third-order valence-corrected chi connectivity index (χ3v) is 3.90. The summed E-state index contributed by atoms with van der Waals surface area (Å²) in [5, 5.41) is 18.1. The monoisotopic (exact) mass is 233 g/mol. The molecule has 2 unspecified atom stereocenters. The van der Waals surface area contributed by atoms with E-state index in [1.807, 2.05) is 12.1 Å². The van der Waals surface area contributed by atoms with Gasteiger partial charge in [0.15, 0.2) is 0 Å². The predicted molar refractivity (Wildman–Crippen MR) is 61.5 cm³/mol. The van der Waals surface area contributed by atoms with Crippen LogP contribution in [-0.2, 0) is 11.3 Å². The molecular formula is C13H15NO3. The van der Waals surface area contributed by atoms with Crippen LogP contribution >= 0.6 is 0 Å². The van der Waals surface area contributed by atoms with E-state index in [4.69, 9.17) is 5.11 Å². The fraction of sp³-hybridized carbons (Fsp3) is 0.462. The highest BCUT2D eigenvalue weighted by molar-refractivity contribution is 5.74. The average Bonchev–Trinajstić information content (AvgIpc) is 2.81. The van der Waals surface area contributed by atoms with Crippen LogP contribution in [0.2, 0.25) is 0 Å². The highest BCUT2D eigenvalue weighted by atomic mass is 16.4. The van der Waals surface area contributed by atoms with Crippen molar-refractivity contribution >= 4 is 5.97 Å². The molecule has 1 aromatic rings. The lowest BCUT2D eigenvalue weighted by Gasteiger charge is -2.18. The minimum atomic E-state index is -0.635. The van der Waals surface area contributed by atoms with Gasteiger partial charge in [0.1, 0.15) is 5.75 Å². The molecule has 4 heteroatoms. The van der Waals surface area contributed by atoms with E-state index in [-0.39, 0.29) is 11.7 Å². The summed E-state index contributed by atoms with van der Waals surface area (Å²) in [6.45, 7) is 2.63. The van der Waals surface area contributed by atoms with E-state index >= 15 is 0 Å². The van der Waals surface area contributed by atoms with Crippen LogP contribution in [0.25, 0.3) is 0 Å². The first-order chi connectivity index (χ1) is 8.15. The number of carbonyl (C=O) groups is 1. The number of benzene rings is 1. The molecule has 0 spiro atoms. The molecule has 2 fully saturated rings. The van der Waals surface area contributed by atoms with Gasteiger partial charge in [-0.25, -0.2) is 0 Å². The number of carboxylic acids is 1. The maximum Gasteiger partial charge on any atom is 0.307 e. The molecule has 1 heterocycles. The minimum Gasteiger partial charge on any atom is -0.508 e. The van der Waals surface area contributed by atoms with E-state index in [0.29, 0.717) is 11.8 Å². The zero-order valence-corrected chi connectivity index (χ0v) is 9.41. The van der Waals surface area contributed by atoms with Crippen molar-refractivity contribution in [2.45, 2.75) is 6.54 Å². The number of hydrogen-bond donors (Lipinski definition) is 2. The third kappa shape index (κ3) is 1.89. The number of aromatic hydroxyl groups is 1. The molecule has 1 aliphatic carbocycles. The SMILES string of the molecule is O=C(O)C1C2CN(Cc3ccc(O)cc3)CC21. The first-order valence-electron chi connectivity index (χ1n) is 5.88. The number of likely N-dealkylation sites (tertiary alicyclic amines) is 1. The molecule has 0 bridgehead atoms. The number of carboxylic acid groups (broad SMARTS) is 1. The molecule has 17 heavy (non-hydrogen) atoms. The van der Waals surface area contributed by atoms with Gasteiger partial charge in [0.25, 0.3) is 0 Å². The normalized spacial score (nSPS) is 31.2. The molecule has 2 atom stereocenters. The summed E-state index contributed by atoms with van der Waals surface area (Å²) >= 11 is 0. The topological polar surface area (TPSA) is 60.8 Å². The predicted octanol–water partition coefficient (Wildman–Crippen LogP) is 1.15. The highest BCUT2D eigenvalue weighted by Gasteiger charge is 2.59. The lowest BCUT2D eigenvalue weighted by atomic mass is 10.2. The molecule has 3 rings (SSSR count). The Labute approximate surface area is 99.5 Å². The van der Waals surface area contributed by atoms with Gasteiger partial charge in [-0.15, -0.1) is 0 Å². The van der Waals surface area contributed by atoms with Gasteiger partial charge in [-0.3, -0.25) is 9.69 Å². The van der Waals surface area contributed by atoms with Gasteiger partial charge in [-0.1, -0.05) is 12.1 Å². The fourth-order valence-corrected chi connectivity index (χ4v) is 2.97. The summed E-state index contributed by atoms with van der Waals surface area (Å²) in [6, 6.07) is 7.19. The molecule has 1 aliphatic heterocycles. The first kappa shape index (κ1) is 10.6. The van der Waals surface area contributed by atoms with Crippen molar-refractivity contribution in [2.75, 3.05) is 13.1 Å². The van der Waals surface area contributed by atoms with Crippen molar-refractivity contribution in [3.63, 3.8) is 0 Å². The Bertz CT molecular complexity index is 430. The molecule has 0 aromatic heterocycles. The molecule has 2 aliphatic rings. The van der Waals surface area contributed by atoms with E-state index in [0.717, 1.165) is 25.2 Å². The second kappa shape index (κ2) is 3.74. The van der Waals surface area contributed by atoms with Gasteiger partial charge in [-0.2, -0.15) is 0 Å². The van der Waals surface area contributed by atoms with Crippen molar-refractivity contribution in [3.8, 4) is 5.75 Å². The largest absolute Gasteiger partial charge is 0.508 e. The van der Waals surface area contributed by atoms with E-state index in [1.165, 1.54) is 0 Å². The van der Waals surface area contributed by atoms with Crippen LogP contribution in [0.1, 0.15) is 5.56 Å². The van der Waals surface area contributed by atoms with Crippen molar-refractivity contribution in [2.24, 2.45) is 17.8 Å². The summed E-state index contributed by atoms with van der Waals surface area (Å²) in [4.78, 5) is 13.1. The number of phenols is 1. The second-order valence-corrected chi connectivity index (χ2v) is 5.05. The number of aliphatic carboxylic acids is 1. The van der Waals surface area contributed by atoms with Crippen molar-refractivity contribution < 1.29 is 15.0 Å². The van der Waals surface area contributed by atoms with E-state index in [2.05, 4.69) is 4.90 Å². The Morgan fingerprint density at radius 2 is 1.82 bits per heavy atom. The van der Waals surface area contributed by atoms with Crippen LogP contribution in [-0.4, -0.2) is 34.2 Å². The third-order valence-electron chi connectivity index (χ3n) is 3.90. The molecule has 90 valence electrons. The summed E-state index contributed by atoms with van der Waals surface area (Å²) in [5.74, 6) is 0.286. The van der Waals surface area contributed by atoms with E-state index < -0.39 is 5.97 Å². The number of piperidine rings is 1. The fourth-order valence-electron chi connectivity index (χ4n) is 2.97. The lowest BCUT2D eigenvalue weighted by molar-refractivity contribution is -0.139. The van der Waals surface area contributed by atoms with Crippen LogP contribution in [0.5, 0.6) is 5.75 Å². The van der Waals surface area contributed by atoms with Gasteiger partial charge in [-0.05, 0) is 29.5 Å². The quantitative estimate of drug-likeness (QED) is 0.822. The standard InChI is InChI=1S/C13H15NO3/c15-9-3-1-8(2-4-9)5-14-6-10-11(7-14)12(10)13(16)17/h1-4,10-12,15H,5-7H2,(H,16,17). The van der Waals surface area contributed by atoms with E-state index in [9.17, 15) is 9.90 Å². The lowest BCUT2D eigenvalue weighted by Crippen LogP contribution is -2.25. The van der Waals surface area contributed by atoms with Gasteiger partial charge >= 0.3 is 5.97 Å². The van der Waals surface area contributed by atoms with Gasteiger partial charge in [0.05, 0.1) is 5.92 Å². The van der Waals surface area contributed by atoms with Crippen molar-refractivity contribution in [1.82, 2.24) is 4.90 Å². The smallest absolute Gasteiger partial charge is 0.307 e. The Balaban J connectivity index is 1.57. The first-order valence-corrected chi connectivity index (χ1v) is 5.88. The molecule has 4 nitrogen and oxygen atoms in total. The Hall–Kier alpha value is -1.55. The Morgan fingerprint density at radius 3 is 2.35 bits per heavy atom. The summed E-state index contributed by atoms with van der Waals surface area (Å²) in [5.41, 5.74) is 1.16. The number of nitrogens with zero attached hydrogens (tertiary/aromatic N) is 1. The molecule has 0 radical (unpaired) electrons.